The highest BCUT2D eigenvalue weighted by molar-refractivity contribution is 5.73. The van der Waals surface area contributed by atoms with Crippen LogP contribution in [0.3, 0.4) is 0 Å². The van der Waals surface area contributed by atoms with Crippen LogP contribution in [-0.2, 0) is 11.2 Å². The van der Waals surface area contributed by atoms with Gasteiger partial charge in [-0.2, -0.15) is 5.10 Å². The molecular formula is C16H21N5O. The van der Waals surface area contributed by atoms with Crippen molar-refractivity contribution in [3.63, 3.8) is 0 Å². The molecule has 1 aliphatic rings. The molecule has 116 valence electrons. The minimum absolute atomic E-state index is 0.156. The molecule has 3 rings (SSSR count). The monoisotopic (exact) mass is 299 g/mol. The second-order valence-corrected chi connectivity index (χ2v) is 5.98. The molecule has 3 heterocycles. The molecule has 2 aromatic heterocycles. The highest BCUT2D eigenvalue weighted by Gasteiger charge is 2.26. The van der Waals surface area contributed by atoms with Crippen molar-refractivity contribution in [2.45, 2.75) is 33.6 Å². The molecule has 2 aromatic rings. The Hall–Kier alpha value is -2.24. The van der Waals surface area contributed by atoms with E-state index >= 15 is 0 Å². The smallest absolute Gasteiger partial charge is 0.219 e. The van der Waals surface area contributed by atoms with Gasteiger partial charge in [0.25, 0.3) is 0 Å². The third kappa shape index (κ3) is 2.73. The third-order valence-electron chi connectivity index (χ3n) is 4.35. The van der Waals surface area contributed by atoms with Gasteiger partial charge in [0.05, 0.1) is 17.1 Å². The Morgan fingerprint density at radius 2 is 2.14 bits per heavy atom. The Morgan fingerprint density at radius 1 is 1.36 bits per heavy atom. The van der Waals surface area contributed by atoms with Crippen LogP contribution in [0.5, 0.6) is 0 Å². The minimum Gasteiger partial charge on any atom is -0.343 e. The second kappa shape index (κ2) is 5.87. The quantitative estimate of drug-likeness (QED) is 0.939. The van der Waals surface area contributed by atoms with Crippen molar-refractivity contribution in [1.29, 1.82) is 0 Å². The zero-order valence-corrected chi connectivity index (χ0v) is 13.3. The van der Waals surface area contributed by atoms with Crippen molar-refractivity contribution in [3.8, 4) is 11.3 Å². The number of nitrogens with zero attached hydrogens (tertiary/aromatic N) is 4. The van der Waals surface area contributed by atoms with Crippen LogP contribution in [0.2, 0.25) is 0 Å². The fourth-order valence-electron chi connectivity index (χ4n) is 3.18. The molecule has 0 radical (unpaired) electrons. The summed E-state index contributed by atoms with van der Waals surface area (Å²) in [6.07, 6.45) is 5.33. The lowest BCUT2D eigenvalue weighted by molar-refractivity contribution is -0.127. The van der Waals surface area contributed by atoms with E-state index in [4.69, 9.17) is 0 Å². The number of carbonyl (C=O) groups is 1. The van der Waals surface area contributed by atoms with Crippen molar-refractivity contribution in [2.75, 3.05) is 13.1 Å². The molecule has 6 nitrogen and oxygen atoms in total. The second-order valence-electron chi connectivity index (χ2n) is 5.98. The lowest BCUT2D eigenvalue weighted by atomic mass is 9.98. The molecule has 1 saturated heterocycles. The summed E-state index contributed by atoms with van der Waals surface area (Å²) in [6.45, 7) is 7.27. The van der Waals surface area contributed by atoms with Gasteiger partial charge in [-0.3, -0.25) is 19.9 Å². The van der Waals surface area contributed by atoms with Crippen molar-refractivity contribution in [1.82, 2.24) is 25.1 Å². The standard InChI is InChI=1S/C16H21N5O/c1-10-15(11(2)20-19-10)16-14(17-5-6-18-16)8-13-4-7-21(9-13)12(3)22/h5-6,13H,4,7-9H2,1-3H3,(H,19,20)/t13-/m0/s1. The number of amides is 1. The number of aryl methyl sites for hydroxylation is 2. The van der Waals surface area contributed by atoms with Crippen LogP contribution in [0, 0.1) is 19.8 Å². The Morgan fingerprint density at radius 3 is 2.77 bits per heavy atom. The van der Waals surface area contributed by atoms with Crippen molar-refractivity contribution >= 4 is 5.91 Å². The SMILES string of the molecule is CC(=O)N1CC[C@@H](Cc2nccnc2-c2c(C)n[nH]c2C)C1. The molecule has 0 bridgehead atoms. The Bertz CT molecular complexity index is 674. The van der Waals surface area contributed by atoms with E-state index in [-0.39, 0.29) is 5.91 Å². The van der Waals surface area contributed by atoms with Gasteiger partial charge in [-0.1, -0.05) is 0 Å². The average Bonchev–Trinajstić information content (AvgIpc) is 3.08. The largest absolute Gasteiger partial charge is 0.343 e. The molecular weight excluding hydrogens is 278 g/mol. The maximum atomic E-state index is 11.5. The highest BCUT2D eigenvalue weighted by atomic mass is 16.2. The summed E-state index contributed by atoms with van der Waals surface area (Å²) in [4.78, 5) is 22.5. The maximum absolute atomic E-state index is 11.5. The molecule has 0 aromatic carbocycles. The highest BCUT2D eigenvalue weighted by Crippen LogP contribution is 2.28. The number of aromatic nitrogens is 4. The molecule has 6 heteroatoms. The van der Waals surface area contributed by atoms with Crippen LogP contribution in [0.15, 0.2) is 12.4 Å². The topological polar surface area (TPSA) is 74.8 Å². The molecule has 0 saturated carbocycles. The zero-order valence-electron chi connectivity index (χ0n) is 13.3. The first-order valence-corrected chi connectivity index (χ1v) is 7.63. The van der Waals surface area contributed by atoms with E-state index in [2.05, 4.69) is 20.2 Å². The molecule has 1 fully saturated rings. The van der Waals surface area contributed by atoms with E-state index in [0.29, 0.717) is 5.92 Å². The minimum atomic E-state index is 0.156. The number of rotatable bonds is 3. The molecule has 0 spiro atoms. The molecule has 22 heavy (non-hydrogen) atoms. The number of likely N-dealkylation sites (tertiary alicyclic amines) is 1. The number of aromatic amines is 1. The van der Waals surface area contributed by atoms with E-state index in [1.807, 2.05) is 18.7 Å². The summed E-state index contributed by atoms with van der Waals surface area (Å²) in [5, 5.41) is 7.26. The normalized spacial score (nSPS) is 18.0. The number of nitrogens with one attached hydrogen (secondary N) is 1. The Labute approximate surface area is 130 Å². The lowest BCUT2D eigenvalue weighted by Gasteiger charge is -2.14. The van der Waals surface area contributed by atoms with Crippen LogP contribution in [0.1, 0.15) is 30.4 Å². The number of hydrogen-bond donors (Lipinski definition) is 1. The predicted octanol–water partition coefficient (Wildman–Crippen LogP) is 1.89. The molecule has 1 amide bonds. The van der Waals surface area contributed by atoms with Crippen molar-refractivity contribution in [3.05, 3.63) is 29.5 Å². The number of hydrogen-bond acceptors (Lipinski definition) is 4. The van der Waals surface area contributed by atoms with Gasteiger partial charge in [-0.05, 0) is 32.6 Å². The fraction of sp³-hybridized carbons (Fsp3) is 0.500. The van der Waals surface area contributed by atoms with Gasteiger partial charge >= 0.3 is 0 Å². The van der Waals surface area contributed by atoms with Crippen molar-refractivity contribution in [2.24, 2.45) is 5.92 Å². The van der Waals surface area contributed by atoms with E-state index in [1.54, 1.807) is 19.3 Å². The first-order chi connectivity index (χ1) is 10.6. The summed E-state index contributed by atoms with van der Waals surface area (Å²) in [5.41, 5.74) is 4.90. The van der Waals surface area contributed by atoms with Crippen molar-refractivity contribution < 1.29 is 4.79 Å². The van der Waals surface area contributed by atoms with Gasteiger partial charge in [-0.25, -0.2) is 0 Å². The van der Waals surface area contributed by atoms with Gasteiger partial charge in [0.2, 0.25) is 5.91 Å². The van der Waals surface area contributed by atoms with E-state index in [9.17, 15) is 4.79 Å². The molecule has 1 atom stereocenters. The first kappa shape index (κ1) is 14.7. The maximum Gasteiger partial charge on any atom is 0.219 e. The number of H-pyrrole nitrogens is 1. The summed E-state index contributed by atoms with van der Waals surface area (Å²) in [7, 11) is 0. The van der Waals surface area contributed by atoms with Gasteiger partial charge in [0.15, 0.2) is 0 Å². The Balaban J connectivity index is 1.85. The Kier molecular flexibility index (Phi) is 3.92. The van der Waals surface area contributed by atoms with Crippen LogP contribution >= 0.6 is 0 Å². The van der Waals surface area contributed by atoms with Crippen LogP contribution < -0.4 is 0 Å². The first-order valence-electron chi connectivity index (χ1n) is 7.63. The van der Waals surface area contributed by atoms with E-state index in [1.165, 1.54) is 0 Å². The van der Waals surface area contributed by atoms with Crippen LogP contribution in [-0.4, -0.2) is 44.1 Å². The third-order valence-corrected chi connectivity index (χ3v) is 4.35. The summed E-state index contributed by atoms with van der Waals surface area (Å²) in [5.74, 6) is 0.607. The van der Waals surface area contributed by atoms with Gasteiger partial charge < -0.3 is 4.90 Å². The number of carbonyl (C=O) groups excluding carboxylic acids is 1. The van der Waals surface area contributed by atoms with Gasteiger partial charge in [0, 0.05) is 43.7 Å². The zero-order chi connectivity index (χ0) is 15.7. The summed E-state index contributed by atoms with van der Waals surface area (Å²) in [6, 6.07) is 0. The van der Waals surface area contributed by atoms with Crippen LogP contribution in [0.25, 0.3) is 11.3 Å². The molecule has 0 aliphatic carbocycles. The van der Waals surface area contributed by atoms with Gasteiger partial charge in [-0.15, -0.1) is 0 Å². The van der Waals surface area contributed by atoms with E-state index in [0.717, 1.165) is 54.3 Å². The fourth-order valence-corrected chi connectivity index (χ4v) is 3.18. The average molecular weight is 299 g/mol. The summed E-state index contributed by atoms with van der Waals surface area (Å²) < 4.78 is 0. The van der Waals surface area contributed by atoms with E-state index < -0.39 is 0 Å². The molecule has 1 aliphatic heterocycles. The molecule has 0 unspecified atom stereocenters. The predicted molar refractivity (Wildman–Crippen MR) is 83.2 cm³/mol. The van der Waals surface area contributed by atoms with Gasteiger partial charge in [0.1, 0.15) is 0 Å². The summed E-state index contributed by atoms with van der Waals surface area (Å²) >= 11 is 0. The lowest BCUT2D eigenvalue weighted by Crippen LogP contribution is -2.26. The molecule has 1 N–H and O–H groups in total. The van der Waals surface area contributed by atoms with Crippen LogP contribution in [0.4, 0.5) is 0 Å².